The third-order valence-corrected chi connectivity index (χ3v) is 6.47. The second-order valence-corrected chi connectivity index (χ2v) is 8.00. The number of halogens is 2. The first-order chi connectivity index (χ1) is 10.5. The van der Waals surface area contributed by atoms with Crippen LogP contribution in [0.25, 0.3) is 0 Å². The normalized spacial score (nSPS) is 16.9. The lowest BCUT2D eigenvalue weighted by atomic mass is 10.3. The minimum Gasteiger partial charge on any atom is -0.345 e. The van der Waals surface area contributed by atoms with Gasteiger partial charge in [-0.05, 0) is 18.2 Å². The van der Waals surface area contributed by atoms with E-state index >= 15 is 0 Å². The maximum atomic E-state index is 13.2. The molecule has 1 aromatic heterocycles. The largest absolute Gasteiger partial charge is 0.345 e. The van der Waals surface area contributed by atoms with E-state index in [0.29, 0.717) is 26.2 Å². The van der Waals surface area contributed by atoms with Gasteiger partial charge >= 0.3 is 0 Å². The molecule has 3 rings (SSSR count). The van der Waals surface area contributed by atoms with Gasteiger partial charge in [-0.25, -0.2) is 17.8 Å². The molecule has 0 aliphatic carbocycles. The standard InChI is InChI=1S/C13H13ClFN3O2S2/c14-11-9-10(1-2-12(11)15)22(19,20)18-6-4-17(5-7-18)13-16-3-8-21-13/h1-3,8-9H,4-7H2. The summed E-state index contributed by atoms with van der Waals surface area (Å²) in [5, 5.41) is 2.59. The van der Waals surface area contributed by atoms with Gasteiger partial charge in [0.05, 0.1) is 9.92 Å². The summed E-state index contributed by atoms with van der Waals surface area (Å²) < 4.78 is 39.7. The minimum atomic E-state index is -3.65. The Morgan fingerprint density at radius 3 is 2.55 bits per heavy atom. The number of thiazole rings is 1. The van der Waals surface area contributed by atoms with Crippen LogP contribution >= 0.6 is 22.9 Å². The van der Waals surface area contributed by atoms with Crippen LogP contribution in [0.5, 0.6) is 0 Å². The number of sulfonamides is 1. The molecule has 1 aromatic carbocycles. The number of hydrogen-bond donors (Lipinski definition) is 0. The molecular formula is C13H13ClFN3O2S2. The van der Waals surface area contributed by atoms with Gasteiger partial charge in [0.25, 0.3) is 0 Å². The Morgan fingerprint density at radius 2 is 1.95 bits per heavy atom. The molecule has 0 saturated carbocycles. The summed E-state index contributed by atoms with van der Waals surface area (Å²) in [5.41, 5.74) is 0. The molecule has 9 heteroatoms. The van der Waals surface area contributed by atoms with E-state index in [0.717, 1.165) is 17.3 Å². The zero-order valence-electron chi connectivity index (χ0n) is 11.4. The molecule has 5 nitrogen and oxygen atoms in total. The van der Waals surface area contributed by atoms with Crippen molar-refractivity contribution >= 4 is 38.1 Å². The van der Waals surface area contributed by atoms with Crippen molar-refractivity contribution in [2.24, 2.45) is 0 Å². The highest BCUT2D eigenvalue weighted by atomic mass is 35.5. The Hall–Kier alpha value is -1.22. The van der Waals surface area contributed by atoms with Gasteiger partial charge in [-0.15, -0.1) is 11.3 Å². The number of rotatable bonds is 3. The molecule has 22 heavy (non-hydrogen) atoms. The van der Waals surface area contributed by atoms with Crippen LogP contribution in [-0.2, 0) is 10.0 Å². The Balaban J connectivity index is 1.75. The lowest BCUT2D eigenvalue weighted by molar-refractivity contribution is 0.384. The van der Waals surface area contributed by atoms with E-state index in [1.54, 1.807) is 6.20 Å². The summed E-state index contributed by atoms with van der Waals surface area (Å²) in [7, 11) is -3.65. The summed E-state index contributed by atoms with van der Waals surface area (Å²) in [6.07, 6.45) is 1.73. The monoisotopic (exact) mass is 361 g/mol. The Bertz CT molecular complexity index is 760. The van der Waals surface area contributed by atoms with Crippen molar-refractivity contribution in [3.8, 4) is 0 Å². The van der Waals surface area contributed by atoms with Crippen LogP contribution in [0.3, 0.4) is 0 Å². The average molecular weight is 362 g/mol. The van der Waals surface area contributed by atoms with E-state index < -0.39 is 15.8 Å². The number of hydrogen-bond acceptors (Lipinski definition) is 5. The molecule has 1 fully saturated rings. The van der Waals surface area contributed by atoms with Gasteiger partial charge in [0.15, 0.2) is 5.13 Å². The maximum Gasteiger partial charge on any atom is 0.243 e. The zero-order chi connectivity index (χ0) is 15.7. The summed E-state index contributed by atoms with van der Waals surface area (Å²) in [6, 6.07) is 3.46. The Morgan fingerprint density at radius 1 is 1.23 bits per heavy atom. The van der Waals surface area contributed by atoms with Gasteiger partial charge in [-0.1, -0.05) is 11.6 Å². The van der Waals surface area contributed by atoms with Crippen molar-refractivity contribution in [1.29, 1.82) is 0 Å². The topological polar surface area (TPSA) is 53.5 Å². The predicted octanol–water partition coefficient (Wildman–Crippen LogP) is 2.45. The molecule has 0 atom stereocenters. The lowest BCUT2D eigenvalue weighted by Gasteiger charge is -2.33. The summed E-state index contributed by atoms with van der Waals surface area (Å²) >= 11 is 7.20. The first-order valence-electron chi connectivity index (χ1n) is 6.58. The number of piperazine rings is 1. The van der Waals surface area contributed by atoms with Gasteiger partial charge in [-0.3, -0.25) is 0 Å². The van der Waals surface area contributed by atoms with E-state index in [1.165, 1.54) is 21.7 Å². The van der Waals surface area contributed by atoms with Crippen LogP contribution in [0.4, 0.5) is 9.52 Å². The third-order valence-electron chi connectivity index (χ3n) is 3.46. The average Bonchev–Trinajstić information content (AvgIpc) is 3.04. The van der Waals surface area contributed by atoms with Crippen LogP contribution in [-0.4, -0.2) is 43.9 Å². The molecule has 0 radical (unpaired) electrons. The van der Waals surface area contributed by atoms with Crippen molar-refractivity contribution in [3.63, 3.8) is 0 Å². The smallest absolute Gasteiger partial charge is 0.243 e. The molecule has 0 unspecified atom stereocenters. The van der Waals surface area contributed by atoms with Gasteiger partial charge in [0.1, 0.15) is 5.82 Å². The number of aromatic nitrogens is 1. The van der Waals surface area contributed by atoms with Gasteiger partial charge < -0.3 is 4.90 Å². The van der Waals surface area contributed by atoms with Crippen LogP contribution in [0.1, 0.15) is 0 Å². The molecule has 118 valence electrons. The predicted molar refractivity (Wildman–Crippen MR) is 84.5 cm³/mol. The van der Waals surface area contributed by atoms with E-state index in [2.05, 4.69) is 4.98 Å². The molecule has 0 bridgehead atoms. The molecule has 1 aliphatic heterocycles. The highest BCUT2D eigenvalue weighted by molar-refractivity contribution is 7.89. The quantitative estimate of drug-likeness (QED) is 0.842. The zero-order valence-corrected chi connectivity index (χ0v) is 13.8. The fourth-order valence-corrected chi connectivity index (χ4v) is 4.67. The van der Waals surface area contributed by atoms with E-state index in [9.17, 15) is 12.8 Å². The molecular weight excluding hydrogens is 349 g/mol. The van der Waals surface area contributed by atoms with Crippen molar-refractivity contribution in [1.82, 2.24) is 9.29 Å². The van der Waals surface area contributed by atoms with Crippen molar-refractivity contribution < 1.29 is 12.8 Å². The fourth-order valence-electron chi connectivity index (χ4n) is 2.28. The molecule has 2 aromatic rings. The molecule has 0 spiro atoms. The highest BCUT2D eigenvalue weighted by Gasteiger charge is 2.29. The first-order valence-corrected chi connectivity index (χ1v) is 9.28. The van der Waals surface area contributed by atoms with Crippen molar-refractivity contribution in [2.45, 2.75) is 4.90 Å². The molecule has 0 amide bonds. The van der Waals surface area contributed by atoms with Crippen LogP contribution < -0.4 is 4.90 Å². The van der Waals surface area contributed by atoms with Crippen LogP contribution in [0, 0.1) is 5.82 Å². The maximum absolute atomic E-state index is 13.2. The van der Waals surface area contributed by atoms with E-state index in [1.807, 2.05) is 10.3 Å². The highest BCUT2D eigenvalue weighted by Crippen LogP contribution is 2.25. The Labute approximate surface area is 137 Å². The minimum absolute atomic E-state index is 0.0154. The molecule has 1 saturated heterocycles. The SMILES string of the molecule is O=S(=O)(c1ccc(F)c(Cl)c1)N1CCN(c2nccs2)CC1. The van der Waals surface area contributed by atoms with E-state index in [-0.39, 0.29) is 9.92 Å². The number of benzene rings is 1. The van der Waals surface area contributed by atoms with Crippen molar-refractivity contribution in [3.05, 3.63) is 40.6 Å². The third kappa shape index (κ3) is 2.96. The Kier molecular flexibility index (Phi) is 4.35. The van der Waals surface area contributed by atoms with Crippen LogP contribution in [0.15, 0.2) is 34.7 Å². The second kappa shape index (κ2) is 6.11. The first kappa shape index (κ1) is 15.7. The summed E-state index contributed by atoms with van der Waals surface area (Å²) in [4.78, 5) is 6.29. The summed E-state index contributed by atoms with van der Waals surface area (Å²) in [6.45, 7) is 1.86. The molecule has 1 aliphatic rings. The number of anilines is 1. The van der Waals surface area contributed by atoms with Gasteiger partial charge in [0.2, 0.25) is 10.0 Å². The second-order valence-electron chi connectivity index (χ2n) is 4.78. The molecule has 0 N–H and O–H groups in total. The van der Waals surface area contributed by atoms with Gasteiger partial charge in [-0.2, -0.15) is 4.31 Å². The van der Waals surface area contributed by atoms with Crippen molar-refractivity contribution in [2.75, 3.05) is 31.1 Å². The fraction of sp³-hybridized carbons (Fsp3) is 0.308. The van der Waals surface area contributed by atoms with Gasteiger partial charge in [0, 0.05) is 37.8 Å². The molecule has 2 heterocycles. The number of nitrogens with zero attached hydrogens (tertiary/aromatic N) is 3. The van der Waals surface area contributed by atoms with E-state index in [4.69, 9.17) is 11.6 Å². The van der Waals surface area contributed by atoms with Crippen LogP contribution in [0.2, 0.25) is 5.02 Å². The summed E-state index contributed by atoms with van der Waals surface area (Å²) in [5.74, 6) is -0.630. The lowest BCUT2D eigenvalue weighted by Crippen LogP contribution is -2.48.